The molecule has 4 heteroatoms. The molecule has 2 aromatic carbocycles. The van der Waals surface area contributed by atoms with Gasteiger partial charge in [-0.3, -0.25) is 9.69 Å². The maximum absolute atomic E-state index is 11.7. The van der Waals surface area contributed by atoms with Gasteiger partial charge in [0.2, 0.25) is 5.91 Å². The lowest BCUT2D eigenvalue weighted by atomic mass is 9.99. The molecule has 1 heterocycles. The van der Waals surface area contributed by atoms with Crippen LogP contribution in [0, 0.1) is 5.92 Å². The van der Waals surface area contributed by atoms with Crippen LogP contribution in [-0.2, 0) is 30.8 Å². The predicted octanol–water partition coefficient (Wildman–Crippen LogP) is 3.28. The maximum atomic E-state index is 11.7. The summed E-state index contributed by atoms with van der Waals surface area (Å²) in [6.07, 6.45) is 3.17. The second-order valence-corrected chi connectivity index (χ2v) is 7.40. The van der Waals surface area contributed by atoms with Crippen molar-refractivity contribution in [1.29, 1.82) is 0 Å². The van der Waals surface area contributed by atoms with E-state index < -0.39 is 0 Å². The van der Waals surface area contributed by atoms with E-state index in [0.717, 1.165) is 44.6 Å². The number of ether oxygens (including phenoxy) is 1. The molecule has 2 aliphatic rings. The Kier molecular flexibility index (Phi) is 4.93. The minimum absolute atomic E-state index is 0.206. The van der Waals surface area contributed by atoms with Crippen molar-refractivity contribution >= 4 is 5.91 Å². The van der Waals surface area contributed by atoms with Crippen LogP contribution in [0.1, 0.15) is 35.1 Å². The Balaban J connectivity index is 1.31. The first-order valence-electron chi connectivity index (χ1n) is 9.45. The number of carbonyl (C=O) groups excluding carboxylic acids is 1. The first-order valence-corrected chi connectivity index (χ1v) is 9.45. The van der Waals surface area contributed by atoms with Crippen LogP contribution in [0.15, 0.2) is 42.5 Å². The van der Waals surface area contributed by atoms with Crippen molar-refractivity contribution in [2.24, 2.45) is 5.92 Å². The Labute approximate surface area is 155 Å². The number of nitrogens with zero attached hydrogens (tertiary/aromatic N) is 1. The van der Waals surface area contributed by atoms with Crippen molar-refractivity contribution in [2.45, 2.75) is 38.9 Å². The van der Waals surface area contributed by atoms with Crippen LogP contribution < -0.4 is 10.1 Å². The lowest BCUT2D eigenvalue weighted by Gasteiger charge is -2.29. The summed E-state index contributed by atoms with van der Waals surface area (Å²) in [4.78, 5) is 14.2. The fourth-order valence-corrected chi connectivity index (χ4v) is 3.55. The van der Waals surface area contributed by atoms with Crippen molar-refractivity contribution in [3.05, 3.63) is 64.7 Å². The quantitative estimate of drug-likeness (QED) is 0.869. The van der Waals surface area contributed by atoms with Crippen molar-refractivity contribution in [1.82, 2.24) is 10.2 Å². The van der Waals surface area contributed by atoms with Gasteiger partial charge in [-0.1, -0.05) is 30.3 Å². The van der Waals surface area contributed by atoms with Gasteiger partial charge >= 0.3 is 0 Å². The number of fused-ring (bicyclic) bond motifs is 1. The van der Waals surface area contributed by atoms with Crippen LogP contribution in [0.3, 0.4) is 0 Å². The molecule has 136 valence electrons. The Hall–Kier alpha value is -2.33. The van der Waals surface area contributed by atoms with E-state index in [-0.39, 0.29) is 11.8 Å². The van der Waals surface area contributed by atoms with Crippen molar-refractivity contribution < 1.29 is 9.53 Å². The van der Waals surface area contributed by atoms with Crippen molar-refractivity contribution in [2.75, 3.05) is 13.7 Å². The maximum Gasteiger partial charge on any atom is 0.223 e. The molecule has 0 radical (unpaired) electrons. The number of hydrogen-bond donors (Lipinski definition) is 1. The van der Waals surface area contributed by atoms with Crippen LogP contribution in [-0.4, -0.2) is 24.5 Å². The molecule has 2 aromatic rings. The Morgan fingerprint density at radius 2 is 1.88 bits per heavy atom. The highest BCUT2D eigenvalue weighted by atomic mass is 16.5. The average Bonchev–Trinajstić information content (AvgIpc) is 3.52. The second-order valence-electron chi connectivity index (χ2n) is 7.40. The lowest BCUT2D eigenvalue weighted by Crippen LogP contribution is -2.30. The normalized spacial score (nSPS) is 16.8. The van der Waals surface area contributed by atoms with E-state index in [1.54, 1.807) is 7.11 Å². The summed E-state index contributed by atoms with van der Waals surface area (Å²) in [7, 11) is 1.72. The standard InChI is InChI=1S/C22H26N2O2/c1-26-21-9-8-20-15-24(11-10-19(20)12-21)14-17-4-2-16(3-5-17)13-23-22(25)18-6-7-18/h2-5,8-9,12,18H,6-7,10-11,13-15H2,1H3,(H,23,25). The first-order chi connectivity index (χ1) is 12.7. The third kappa shape index (κ3) is 4.07. The van der Waals surface area contributed by atoms with E-state index in [4.69, 9.17) is 4.74 Å². The molecule has 4 rings (SSSR count). The second kappa shape index (κ2) is 7.50. The average molecular weight is 350 g/mol. The van der Waals surface area contributed by atoms with Crippen molar-refractivity contribution in [3.8, 4) is 5.75 Å². The zero-order valence-electron chi connectivity index (χ0n) is 15.3. The van der Waals surface area contributed by atoms with Gasteiger partial charge in [0.05, 0.1) is 7.11 Å². The van der Waals surface area contributed by atoms with Gasteiger partial charge in [-0.15, -0.1) is 0 Å². The number of benzene rings is 2. The molecule has 1 saturated carbocycles. The zero-order chi connectivity index (χ0) is 17.9. The molecule has 1 N–H and O–H groups in total. The van der Waals surface area contributed by atoms with Gasteiger partial charge in [-0.05, 0) is 53.6 Å². The molecule has 1 fully saturated rings. The molecular formula is C22H26N2O2. The van der Waals surface area contributed by atoms with Gasteiger partial charge in [-0.25, -0.2) is 0 Å². The molecule has 0 saturated heterocycles. The zero-order valence-corrected chi connectivity index (χ0v) is 15.3. The van der Waals surface area contributed by atoms with Gasteiger partial charge in [-0.2, -0.15) is 0 Å². The number of methoxy groups -OCH3 is 1. The van der Waals surface area contributed by atoms with E-state index in [1.165, 1.54) is 22.3 Å². The molecule has 4 nitrogen and oxygen atoms in total. The summed E-state index contributed by atoms with van der Waals surface area (Å²) >= 11 is 0. The fraction of sp³-hybridized carbons (Fsp3) is 0.409. The highest BCUT2D eigenvalue weighted by Gasteiger charge is 2.29. The topological polar surface area (TPSA) is 41.6 Å². The summed E-state index contributed by atoms with van der Waals surface area (Å²) < 4.78 is 5.33. The summed E-state index contributed by atoms with van der Waals surface area (Å²) in [5, 5.41) is 3.02. The van der Waals surface area contributed by atoms with Crippen LogP contribution in [0.2, 0.25) is 0 Å². The Bertz CT molecular complexity index is 781. The molecule has 0 atom stereocenters. The van der Waals surface area contributed by atoms with E-state index in [2.05, 4.69) is 46.6 Å². The van der Waals surface area contributed by atoms with Crippen LogP contribution >= 0.6 is 0 Å². The molecule has 1 aliphatic carbocycles. The summed E-state index contributed by atoms with van der Waals surface area (Å²) in [6, 6.07) is 15.0. The van der Waals surface area contributed by atoms with E-state index >= 15 is 0 Å². The number of rotatable bonds is 6. The number of hydrogen-bond acceptors (Lipinski definition) is 3. The minimum Gasteiger partial charge on any atom is -0.497 e. The first kappa shape index (κ1) is 17.1. The van der Waals surface area contributed by atoms with Gasteiger partial charge < -0.3 is 10.1 Å². The predicted molar refractivity (Wildman–Crippen MR) is 102 cm³/mol. The van der Waals surface area contributed by atoms with Gasteiger partial charge in [0.15, 0.2) is 0 Å². The van der Waals surface area contributed by atoms with Crippen LogP contribution in [0.4, 0.5) is 0 Å². The summed E-state index contributed by atoms with van der Waals surface area (Å²) in [6.45, 7) is 3.65. The van der Waals surface area contributed by atoms with Crippen LogP contribution in [0.5, 0.6) is 5.75 Å². The fourth-order valence-electron chi connectivity index (χ4n) is 3.55. The number of carbonyl (C=O) groups is 1. The SMILES string of the molecule is COc1ccc2c(c1)CCN(Cc1ccc(CNC(=O)C3CC3)cc1)C2. The molecular weight excluding hydrogens is 324 g/mol. The van der Waals surface area contributed by atoms with E-state index in [0.29, 0.717) is 6.54 Å². The largest absolute Gasteiger partial charge is 0.497 e. The van der Waals surface area contributed by atoms with E-state index in [9.17, 15) is 4.79 Å². The summed E-state index contributed by atoms with van der Waals surface area (Å²) in [5.41, 5.74) is 5.29. The highest BCUT2D eigenvalue weighted by Crippen LogP contribution is 2.29. The molecule has 26 heavy (non-hydrogen) atoms. The highest BCUT2D eigenvalue weighted by molar-refractivity contribution is 5.80. The van der Waals surface area contributed by atoms with Crippen molar-refractivity contribution in [3.63, 3.8) is 0 Å². The monoisotopic (exact) mass is 350 g/mol. The number of amides is 1. The Morgan fingerprint density at radius 1 is 1.12 bits per heavy atom. The third-order valence-electron chi connectivity index (χ3n) is 5.35. The Morgan fingerprint density at radius 3 is 2.62 bits per heavy atom. The molecule has 0 aromatic heterocycles. The minimum atomic E-state index is 0.206. The summed E-state index contributed by atoms with van der Waals surface area (Å²) in [5.74, 6) is 1.43. The smallest absolute Gasteiger partial charge is 0.223 e. The number of nitrogens with one attached hydrogen (secondary N) is 1. The van der Waals surface area contributed by atoms with Gasteiger partial charge in [0.1, 0.15) is 5.75 Å². The molecule has 0 spiro atoms. The van der Waals surface area contributed by atoms with Gasteiger partial charge in [0, 0.05) is 32.1 Å². The molecule has 0 unspecified atom stereocenters. The molecule has 1 aliphatic heterocycles. The van der Waals surface area contributed by atoms with E-state index in [1.807, 2.05) is 6.07 Å². The van der Waals surface area contributed by atoms with Gasteiger partial charge in [0.25, 0.3) is 0 Å². The molecule has 1 amide bonds. The molecule has 0 bridgehead atoms. The van der Waals surface area contributed by atoms with Crippen LogP contribution in [0.25, 0.3) is 0 Å². The third-order valence-corrected chi connectivity index (χ3v) is 5.35. The lowest BCUT2D eigenvalue weighted by molar-refractivity contribution is -0.122.